The second-order valence-corrected chi connectivity index (χ2v) is 6.53. The van der Waals surface area contributed by atoms with Crippen LogP contribution in [0.15, 0.2) is 54.9 Å². The summed E-state index contributed by atoms with van der Waals surface area (Å²) in [5.74, 6) is 0.780. The highest BCUT2D eigenvalue weighted by Crippen LogP contribution is 2.14. The summed E-state index contributed by atoms with van der Waals surface area (Å²) in [7, 11) is 2.01. The van der Waals surface area contributed by atoms with Gasteiger partial charge in [-0.25, -0.2) is 9.13 Å². The predicted molar refractivity (Wildman–Crippen MR) is 93.8 cm³/mol. The van der Waals surface area contributed by atoms with Crippen molar-refractivity contribution in [3.8, 4) is 5.75 Å². The van der Waals surface area contributed by atoms with Crippen molar-refractivity contribution in [2.75, 3.05) is 6.61 Å². The lowest BCUT2D eigenvalue weighted by Gasteiger charge is -2.11. The molecule has 1 N–H and O–H groups in total. The number of aryl methyl sites for hydroxylation is 1. The Morgan fingerprint density at radius 3 is 2.68 bits per heavy atom. The van der Waals surface area contributed by atoms with Crippen LogP contribution in [0.1, 0.15) is 0 Å². The Balaban J connectivity index is 1.65. The smallest absolute Gasteiger partial charge is 0.244 e. The van der Waals surface area contributed by atoms with Crippen LogP contribution < -0.4 is 9.30 Å². The van der Waals surface area contributed by atoms with Gasteiger partial charge in [-0.1, -0.05) is 12.1 Å². The fraction of sp³-hybridized carbons (Fsp3) is 0.235. The zero-order chi connectivity index (χ0) is 15.5. The van der Waals surface area contributed by atoms with Gasteiger partial charge in [0.1, 0.15) is 25.0 Å². The van der Waals surface area contributed by atoms with Gasteiger partial charge in [0.15, 0.2) is 11.0 Å². The topological polar surface area (TPSA) is 38.3 Å². The van der Waals surface area contributed by atoms with Crippen LogP contribution in [0.25, 0.3) is 11.0 Å². The number of aliphatic hydroxyl groups excluding tert-OH is 1. The number of hydrogen-bond donors (Lipinski definition) is 1. The van der Waals surface area contributed by atoms with E-state index in [9.17, 15) is 5.11 Å². The van der Waals surface area contributed by atoms with Crippen molar-refractivity contribution in [1.82, 2.24) is 4.57 Å². The highest BCUT2D eigenvalue weighted by Gasteiger charge is 2.16. The van der Waals surface area contributed by atoms with Gasteiger partial charge in [-0.05, 0) is 59.0 Å². The largest absolute Gasteiger partial charge is 0.491 e. The molecule has 1 unspecified atom stereocenters. The number of aromatic nitrogens is 2. The van der Waals surface area contributed by atoms with E-state index < -0.39 is 6.10 Å². The number of rotatable bonds is 5. The SMILES string of the molecule is C[n+]1cn(CC(O)COc2ccc(I)cc2)c2ccccc21. The molecule has 3 rings (SSSR count). The Kier molecular flexibility index (Phi) is 4.63. The quantitative estimate of drug-likeness (QED) is 0.520. The number of aliphatic hydroxyl groups is 1. The first kappa shape index (κ1) is 15.3. The number of fused-ring (bicyclic) bond motifs is 1. The fourth-order valence-electron chi connectivity index (χ4n) is 2.49. The maximum Gasteiger partial charge on any atom is 0.244 e. The third kappa shape index (κ3) is 3.41. The van der Waals surface area contributed by atoms with Crippen LogP contribution in [0.5, 0.6) is 5.75 Å². The second-order valence-electron chi connectivity index (χ2n) is 5.29. The molecule has 1 atom stereocenters. The summed E-state index contributed by atoms with van der Waals surface area (Å²) in [5, 5.41) is 10.2. The number of nitrogens with zero attached hydrogens (tertiary/aromatic N) is 2. The van der Waals surface area contributed by atoms with Gasteiger partial charge in [0, 0.05) is 3.57 Å². The number of para-hydroxylation sites is 2. The number of imidazole rings is 1. The maximum absolute atomic E-state index is 10.2. The number of benzene rings is 2. The Morgan fingerprint density at radius 1 is 1.18 bits per heavy atom. The van der Waals surface area contributed by atoms with Crippen molar-refractivity contribution < 1.29 is 14.4 Å². The van der Waals surface area contributed by atoms with E-state index in [0.29, 0.717) is 6.54 Å². The fourth-order valence-corrected chi connectivity index (χ4v) is 2.85. The van der Waals surface area contributed by atoms with E-state index in [4.69, 9.17) is 4.74 Å². The van der Waals surface area contributed by atoms with E-state index in [0.717, 1.165) is 20.4 Å². The average Bonchev–Trinajstić information content (AvgIpc) is 2.83. The van der Waals surface area contributed by atoms with Gasteiger partial charge in [0.05, 0.1) is 7.05 Å². The molecule has 0 radical (unpaired) electrons. The van der Waals surface area contributed by atoms with Gasteiger partial charge >= 0.3 is 0 Å². The molecule has 0 saturated carbocycles. The first-order valence-corrected chi connectivity index (χ1v) is 8.21. The van der Waals surface area contributed by atoms with Crippen molar-refractivity contribution in [2.24, 2.45) is 7.05 Å². The lowest BCUT2D eigenvalue weighted by molar-refractivity contribution is -0.645. The number of hydrogen-bond acceptors (Lipinski definition) is 2. The predicted octanol–water partition coefficient (Wildman–Crippen LogP) is 2.51. The molecule has 114 valence electrons. The van der Waals surface area contributed by atoms with Crippen molar-refractivity contribution in [3.05, 3.63) is 58.4 Å². The van der Waals surface area contributed by atoms with Crippen LogP contribution in [0.3, 0.4) is 0 Å². The zero-order valence-electron chi connectivity index (χ0n) is 12.3. The molecule has 0 bridgehead atoms. The first-order chi connectivity index (χ1) is 10.6. The molecule has 0 aliphatic carbocycles. The molecular formula is C17H18IN2O2+. The minimum Gasteiger partial charge on any atom is -0.491 e. The molecule has 0 saturated heterocycles. The summed E-state index contributed by atoms with van der Waals surface area (Å²) >= 11 is 2.25. The van der Waals surface area contributed by atoms with Crippen LogP contribution >= 0.6 is 22.6 Å². The van der Waals surface area contributed by atoms with Crippen molar-refractivity contribution in [3.63, 3.8) is 0 Å². The Hall–Kier alpha value is -1.60. The summed E-state index contributed by atoms with van der Waals surface area (Å²) in [6.45, 7) is 0.780. The van der Waals surface area contributed by atoms with Crippen LogP contribution in [0.4, 0.5) is 0 Å². The maximum atomic E-state index is 10.2. The molecule has 5 heteroatoms. The van der Waals surface area contributed by atoms with Gasteiger partial charge in [0.2, 0.25) is 6.33 Å². The lowest BCUT2D eigenvalue weighted by atomic mass is 10.3. The van der Waals surface area contributed by atoms with Crippen LogP contribution in [-0.2, 0) is 13.6 Å². The van der Waals surface area contributed by atoms with E-state index >= 15 is 0 Å². The van der Waals surface area contributed by atoms with E-state index in [2.05, 4.69) is 43.9 Å². The highest BCUT2D eigenvalue weighted by atomic mass is 127. The van der Waals surface area contributed by atoms with Gasteiger partial charge in [-0.3, -0.25) is 0 Å². The molecule has 4 nitrogen and oxygen atoms in total. The highest BCUT2D eigenvalue weighted by molar-refractivity contribution is 14.1. The summed E-state index contributed by atoms with van der Waals surface area (Å²) in [6, 6.07) is 16.0. The molecule has 0 amide bonds. The molecular weight excluding hydrogens is 391 g/mol. The standard InChI is InChI=1S/C17H18IN2O2/c1-19-12-20(17-5-3-2-4-16(17)19)10-14(21)11-22-15-8-6-13(18)7-9-15/h2-9,12,14,21H,10-11H2,1H3/q+1. The van der Waals surface area contributed by atoms with E-state index in [1.807, 2.05) is 49.8 Å². The lowest BCUT2D eigenvalue weighted by Crippen LogP contribution is -2.27. The van der Waals surface area contributed by atoms with Crippen molar-refractivity contribution >= 4 is 33.6 Å². The normalized spacial score (nSPS) is 12.5. The van der Waals surface area contributed by atoms with Crippen LogP contribution in [0.2, 0.25) is 0 Å². The van der Waals surface area contributed by atoms with Gasteiger partial charge in [-0.2, -0.15) is 0 Å². The van der Waals surface area contributed by atoms with E-state index in [-0.39, 0.29) is 6.61 Å². The monoisotopic (exact) mass is 409 g/mol. The number of halogens is 1. The van der Waals surface area contributed by atoms with Crippen molar-refractivity contribution in [1.29, 1.82) is 0 Å². The Labute approximate surface area is 143 Å². The second kappa shape index (κ2) is 6.66. The molecule has 3 aromatic rings. The summed E-state index contributed by atoms with van der Waals surface area (Å²) in [4.78, 5) is 0. The summed E-state index contributed by atoms with van der Waals surface area (Å²) < 4.78 is 10.9. The Morgan fingerprint density at radius 2 is 1.91 bits per heavy atom. The minimum atomic E-state index is -0.560. The molecule has 0 fully saturated rings. The van der Waals surface area contributed by atoms with E-state index in [1.54, 1.807) is 0 Å². The van der Waals surface area contributed by atoms with Gasteiger partial charge < -0.3 is 9.84 Å². The zero-order valence-corrected chi connectivity index (χ0v) is 14.5. The average molecular weight is 409 g/mol. The van der Waals surface area contributed by atoms with Crippen LogP contribution in [-0.4, -0.2) is 22.4 Å². The van der Waals surface area contributed by atoms with E-state index in [1.165, 1.54) is 0 Å². The van der Waals surface area contributed by atoms with Crippen molar-refractivity contribution in [2.45, 2.75) is 12.6 Å². The summed E-state index contributed by atoms with van der Waals surface area (Å²) in [6.07, 6.45) is 1.44. The first-order valence-electron chi connectivity index (χ1n) is 7.13. The molecule has 0 aliphatic heterocycles. The van der Waals surface area contributed by atoms with Crippen LogP contribution in [0, 0.1) is 3.57 Å². The molecule has 2 aromatic carbocycles. The molecule has 1 aromatic heterocycles. The Bertz CT molecular complexity index is 768. The third-order valence-corrected chi connectivity index (χ3v) is 4.27. The third-order valence-electron chi connectivity index (χ3n) is 3.55. The molecule has 0 aliphatic rings. The molecule has 0 spiro atoms. The number of ether oxygens (including phenoxy) is 1. The van der Waals surface area contributed by atoms with Gasteiger partial charge in [0.25, 0.3) is 0 Å². The molecule has 22 heavy (non-hydrogen) atoms. The molecule has 1 heterocycles. The minimum absolute atomic E-state index is 0.275. The van der Waals surface area contributed by atoms with Gasteiger partial charge in [-0.15, -0.1) is 0 Å². The summed E-state index contributed by atoms with van der Waals surface area (Å²) in [5.41, 5.74) is 2.26.